The number of fused-ring (bicyclic) bond motifs is 2. The quantitative estimate of drug-likeness (QED) is 0.104. The monoisotopic (exact) mass is 603 g/mol. The van der Waals surface area contributed by atoms with Gasteiger partial charge in [0.25, 0.3) is 5.91 Å². The zero-order valence-corrected chi connectivity index (χ0v) is 25.4. The highest BCUT2D eigenvalue weighted by atomic mass is 32.2. The van der Waals surface area contributed by atoms with Crippen molar-refractivity contribution in [2.45, 2.75) is 12.7 Å². The number of H-pyrrole nitrogens is 1. The molecule has 2 amide bonds. The van der Waals surface area contributed by atoms with E-state index in [0.717, 1.165) is 55.6 Å². The van der Waals surface area contributed by atoms with Gasteiger partial charge in [-0.1, -0.05) is 12.1 Å². The largest absolute Gasteiger partial charge is 0.355 e. The van der Waals surface area contributed by atoms with Gasteiger partial charge in [-0.15, -0.1) is 0 Å². The highest BCUT2D eigenvalue weighted by molar-refractivity contribution is 7.98. The van der Waals surface area contributed by atoms with E-state index in [1.807, 2.05) is 19.2 Å². The molecule has 14 heteroatoms. The number of piperazine rings is 1. The second-order valence-electron chi connectivity index (χ2n) is 9.92. The molecular weight excluding hydrogens is 566 g/mol. The average Bonchev–Trinajstić information content (AvgIpc) is 3.37. The number of aryl methyl sites for hydroxylation is 1. The van der Waals surface area contributed by atoms with Crippen LogP contribution < -0.4 is 20.9 Å². The van der Waals surface area contributed by atoms with E-state index in [2.05, 4.69) is 52.7 Å². The fourth-order valence-electron chi connectivity index (χ4n) is 4.53. The first-order chi connectivity index (χ1) is 20.9. The Balaban J connectivity index is 0.000000217. The molecule has 2 aliphatic heterocycles. The number of hydrogen-bond acceptors (Lipinski definition) is 9. The highest BCUT2D eigenvalue weighted by Crippen LogP contribution is 2.36. The minimum Gasteiger partial charge on any atom is -0.355 e. The van der Waals surface area contributed by atoms with Crippen molar-refractivity contribution in [1.29, 1.82) is 5.26 Å². The van der Waals surface area contributed by atoms with E-state index in [0.29, 0.717) is 35.3 Å². The summed E-state index contributed by atoms with van der Waals surface area (Å²) in [5.41, 5.74) is 3.79. The number of anilines is 3. The second kappa shape index (κ2) is 15.7. The van der Waals surface area contributed by atoms with Crippen LogP contribution in [0.1, 0.15) is 21.7 Å². The van der Waals surface area contributed by atoms with Crippen LogP contribution in [0.4, 0.5) is 17.2 Å². The maximum absolute atomic E-state index is 13.2. The number of likely N-dealkylation sites (N-methyl/N-ethyl adjacent to an activating group) is 1. The summed E-state index contributed by atoms with van der Waals surface area (Å²) in [6, 6.07) is 10.7. The number of imidazole rings is 1. The number of aliphatic imine (C=N–C) groups is 1. The molecule has 226 valence electrons. The summed E-state index contributed by atoms with van der Waals surface area (Å²) >= 11 is 1.79. The summed E-state index contributed by atoms with van der Waals surface area (Å²) in [5, 5.41) is 16.8. The molecule has 13 nitrogen and oxygen atoms in total. The fourth-order valence-corrected chi connectivity index (χ4v) is 5.41. The number of nitrogens with one attached hydrogen (secondary N) is 4. The summed E-state index contributed by atoms with van der Waals surface area (Å²) in [6.07, 6.45) is 5.17. The van der Waals surface area contributed by atoms with E-state index in [-0.39, 0.29) is 11.8 Å². The number of aromatic amines is 1. The Morgan fingerprint density at radius 2 is 1.95 bits per heavy atom. The van der Waals surface area contributed by atoms with E-state index < -0.39 is 0 Å². The molecule has 0 saturated carbocycles. The third-order valence-electron chi connectivity index (χ3n) is 6.95. The molecule has 5 rings (SSSR count). The number of pyridine rings is 1. The smallest absolute Gasteiger partial charge is 0.257 e. The first kappa shape index (κ1) is 31.5. The minimum atomic E-state index is -0.232. The third-order valence-corrected chi connectivity index (χ3v) is 7.92. The van der Waals surface area contributed by atoms with Crippen molar-refractivity contribution in [2.75, 3.05) is 69.3 Å². The van der Waals surface area contributed by atoms with Crippen molar-refractivity contribution in [3.8, 4) is 6.19 Å². The Hall–Kier alpha value is -4.45. The number of aromatic nitrogens is 3. The van der Waals surface area contributed by atoms with Gasteiger partial charge in [0.05, 0.1) is 35.5 Å². The van der Waals surface area contributed by atoms with Gasteiger partial charge in [0.2, 0.25) is 11.9 Å². The van der Waals surface area contributed by atoms with Gasteiger partial charge in [0.15, 0.2) is 12.0 Å². The van der Waals surface area contributed by atoms with Gasteiger partial charge >= 0.3 is 0 Å². The predicted molar refractivity (Wildman–Crippen MR) is 169 cm³/mol. The molecular formula is C29H37N11O2S. The van der Waals surface area contributed by atoms with Crippen LogP contribution in [0.25, 0.3) is 0 Å². The number of rotatable bonds is 7. The molecule has 1 fully saturated rings. The second-order valence-corrected chi connectivity index (χ2v) is 11.0. The lowest BCUT2D eigenvalue weighted by molar-refractivity contribution is -0.119. The van der Waals surface area contributed by atoms with Gasteiger partial charge in [-0.05, 0) is 38.2 Å². The molecule has 1 saturated heterocycles. The Morgan fingerprint density at radius 3 is 2.67 bits per heavy atom. The Bertz CT molecular complexity index is 1460. The van der Waals surface area contributed by atoms with Crippen molar-refractivity contribution in [2.24, 2.45) is 4.99 Å². The molecule has 3 aromatic rings. The van der Waals surface area contributed by atoms with Gasteiger partial charge in [-0.2, -0.15) is 17.0 Å². The van der Waals surface area contributed by atoms with Crippen LogP contribution in [0.2, 0.25) is 0 Å². The Morgan fingerprint density at radius 1 is 1.16 bits per heavy atom. The molecule has 0 spiro atoms. The van der Waals surface area contributed by atoms with Gasteiger partial charge in [-0.3, -0.25) is 29.7 Å². The molecule has 43 heavy (non-hydrogen) atoms. The number of guanidine groups is 1. The van der Waals surface area contributed by atoms with Crippen molar-refractivity contribution in [1.82, 2.24) is 35.4 Å². The molecule has 1 aromatic carbocycles. The predicted octanol–water partition coefficient (Wildman–Crippen LogP) is 2.16. The van der Waals surface area contributed by atoms with Crippen LogP contribution in [-0.2, 0) is 10.5 Å². The third kappa shape index (κ3) is 8.54. The molecule has 0 bridgehead atoms. The zero-order valence-electron chi connectivity index (χ0n) is 24.6. The molecule has 0 atom stereocenters. The van der Waals surface area contributed by atoms with Crippen molar-refractivity contribution in [3.05, 3.63) is 65.9 Å². The van der Waals surface area contributed by atoms with Gasteiger partial charge < -0.3 is 20.5 Å². The summed E-state index contributed by atoms with van der Waals surface area (Å²) in [4.78, 5) is 47.3. The lowest BCUT2D eigenvalue weighted by atomic mass is 10.1. The summed E-state index contributed by atoms with van der Waals surface area (Å²) in [5.74, 6) is 2.47. The highest BCUT2D eigenvalue weighted by Gasteiger charge is 2.31. The first-order valence-electron chi connectivity index (χ1n) is 13.9. The number of amides is 2. The standard InChI is InChI=1S/C19H21N5O2.C10H16N6S/c1-22-9-11-23(12-10-22)13-17(25)24-16-7-3-2-5-14(16)19(26)21-15-6-4-8-20-18(15)24;1-8-9(16-7-15-8)5-17-4-3-13-10(12-2)14-6-11/h2-8H,9-13H2,1H3,(H,21,26);7H,3-5H2,1-2H3,(H,15,16)(H2,12,13,14). The SMILES string of the molecule is CN1CCN(CC(=O)N2c3ccccc3C(=O)Nc3cccnc32)CC1.CN=C(NC#N)NCCSCc1nc[nH]c1C. The number of nitrogens with zero attached hydrogens (tertiary/aromatic N) is 7. The van der Waals surface area contributed by atoms with Crippen LogP contribution in [0, 0.1) is 18.4 Å². The van der Waals surface area contributed by atoms with E-state index >= 15 is 0 Å². The number of hydrogen-bond donors (Lipinski definition) is 4. The molecule has 4 heterocycles. The molecule has 2 aliphatic rings. The zero-order chi connectivity index (χ0) is 30.6. The van der Waals surface area contributed by atoms with E-state index in [4.69, 9.17) is 5.26 Å². The Kier molecular flexibility index (Phi) is 11.5. The van der Waals surface area contributed by atoms with Crippen LogP contribution >= 0.6 is 11.8 Å². The van der Waals surface area contributed by atoms with Crippen LogP contribution in [0.3, 0.4) is 0 Å². The molecule has 0 unspecified atom stereocenters. The molecule has 2 aromatic heterocycles. The lowest BCUT2D eigenvalue weighted by Gasteiger charge is -2.33. The van der Waals surface area contributed by atoms with Crippen LogP contribution in [0.5, 0.6) is 0 Å². The number of thioether (sulfide) groups is 1. The normalized spacial score (nSPS) is 15.2. The maximum atomic E-state index is 13.2. The van der Waals surface area contributed by atoms with Crippen molar-refractivity contribution < 1.29 is 9.59 Å². The maximum Gasteiger partial charge on any atom is 0.257 e. The number of nitriles is 1. The van der Waals surface area contributed by atoms with E-state index in [1.54, 1.807) is 66.6 Å². The van der Waals surface area contributed by atoms with Crippen LogP contribution in [-0.4, -0.2) is 102 Å². The minimum absolute atomic E-state index is 0.0848. The number of para-hydroxylation sites is 1. The lowest BCUT2D eigenvalue weighted by Crippen LogP contribution is -2.48. The Labute approximate surface area is 255 Å². The topological polar surface area (TPSA) is 158 Å². The van der Waals surface area contributed by atoms with E-state index in [1.165, 1.54) is 0 Å². The summed E-state index contributed by atoms with van der Waals surface area (Å²) < 4.78 is 0. The van der Waals surface area contributed by atoms with Gasteiger partial charge in [0.1, 0.15) is 0 Å². The molecule has 0 aliphatic carbocycles. The van der Waals surface area contributed by atoms with Crippen molar-refractivity contribution >= 4 is 46.7 Å². The van der Waals surface area contributed by atoms with Crippen molar-refractivity contribution in [3.63, 3.8) is 0 Å². The average molecular weight is 604 g/mol. The fraction of sp³-hybridized carbons (Fsp3) is 0.379. The number of carbonyl (C=O) groups is 2. The summed E-state index contributed by atoms with van der Waals surface area (Å²) in [6.45, 7) is 6.66. The van der Waals surface area contributed by atoms with Gasteiger partial charge in [-0.25, -0.2) is 9.97 Å². The summed E-state index contributed by atoms with van der Waals surface area (Å²) in [7, 11) is 3.72. The van der Waals surface area contributed by atoms with Crippen LogP contribution in [0.15, 0.2) is 53.9 Å². The molecule has 0 radical (unpaired) electrons. The molecule has 4 N–H and O–H groups in total. The number of benzene rings is 1. The first-order valence-corrected chi connectivity index (χ1v) is 15.1. The van der Waals surface area contributed by atoms with E-state index in [9.17, 15) is 9.59 Å². The van der Waals surface area contributed by atoms with Gasteiger partial charge in [0, 0.05) is 63.2 Å². The number of carbonyl (C=O) groups excluding carboxylic acids is 2.